The highest BCUT2D eigenvalue weighted by atomic mass is 19.1. The van der Waals surface area contributed by atoms with E-state index in [-0.39, 0.29) is 5.82 Å². The molecule has 2 rings (SSSR count). The van der Waals surface area contributed by atoms with Gasteiger partial charge in [0.1, 0.15) is 5.82 Å². The molecule has 0 aromatic heterocycles. The van der Waals surface area contributed by atoms with Gasteiger partial charge in [-0.15, -0.1) is 0 Å². The fraction of sp³-hybridized carbons (Fsp3) is 0.167. The normalized spacial score (nSPS) is 11.0. The Bertz CT molecular complexity index is 934. The van der Waals surface area contributed by atoms with E-state index in [2.05, 4.69) is 48.7 Å². The summed E-state index contributed by atoms with van der Waals surface area (Å²) in [6, 6.07) is 11.1. The third kappa shape index (κ3) is 4.92. The van der Waals surface area contributed by atoms with Crippen molar-refractivity contribution < 1.29 is 4.39 Å². The average Bonchev–Trinajstić information content (AvgIpc) is 2.62. The third-order valence-electron chi connectivity index (χ3n) is 4.45. The van der Waals surface area contributed by atoms with Crippen molar-refractivity contribution in [3.8, 4) is 0 Å². The minimum atomic E-state index is -0.320. The molecule has 0 heterocycles. The summed E-state index contributed by atoms with van der Waals surface area (Å²) in [7, 11) is 1.78. The van der Waals surface area contributed by atoms with Gasteiger partial charge in [0.25, 0.3) is 0 Å². The Balaban J connectivity index is 2.21. The van der Waals surface area contributed by atoms with E-state index < -0.39 is 0 Å². The second-order valence-electron chi connectivity index (χ2n) is 6.78. The highest BCUT2D eigenvalue weighted by Gasteiger charge is 2.14. The standard InChI is InChI=1S/C24H28FN3/c1-15-11-12-22(17(3)13-15)27-19(5)18(4)23(14-26-7)28-20(6)24-16(2)9-8-10-21(24)25/h8-14,26-28H,4-6H2,1-3,7H3/b23-14+. The maximum atomic E-state index is 14.3. The molecule has 0 aliphatic carbocycles. The van der Waals surface area contributed by atoms with Crippen molar-refractivity contribution in [1.82, 2.24) is 10.6 Å². The number of halogens is 1. The van der Waals surface area contributed by atoms with E-state index in [0.717, 1.165) is 16.8 Å². The highest BCUT2D eigenvalue weighted by Crippen LogP contribution is 2.25. The monoisotopic (exact) mass is 377 g/mol. The van der Waals surface area contributed by atoms with Crippen LogP contribution in [0, 0.1) is 26.6 Å². The molecular weight excluding hydrogens is 349 g/mol. The van der Waals surface area contributed by atoms with Gasteiger partial charge < -0.3 is 16.0 Å². The second kappa shape index (κ2) is 9.09. The number of aryl methyl sites for hydroxylation is 3. The fourth-order valence-corrected chi connectivity index (χ4v) is 2.94. The minimum absolute atomic E-state index is 0.320. The van der Waals surface area contributed by atoms with Gasteiger partial charge in [-0.1, -0.05) is 49.6 Å². The van der Waals surface area contributed by atoms with Crippen molar-refractivity contribution in [2.75, 3.05) is 12.4 Å². The summed E-state index contributed by atoms with van der Waals surface area (Å²) in [5, 5.41) is 9.46. The predicted octanol–water partition coefficient (Wildman–Crippen LogP) is 5.55. The maximum absolute atomic E-state index is 14.3. The van der Waals surface area contributed by atoms with E-state index in [1.807, 2.05) is 32.0 Å². The minimum Gasteiger partial charge on any atom is -0.392 e. The molecule has 0 aliphatic rings. The van der Waals surface area contributed by atoms with E-state index in [4.69, 9.17) is 0 Å². The van der Waals surface area contributed by atoms with Crippen LogP contribution in [0.1, 0.15) is 22.3 Å². The van der Waals surface area contributed by atoms with Gasteiger partial charge in [-0.3, -0.25) is 0 Å². The van der Waals surface area contributed by atoms with Crippen LogP contribution < -0.4 is 16.0 Å². The molecule has 3 nitrogen and oxygen atoms in total. The Morgan fingerprint density at radius 1 is 1.00 bits per heavy atom. The fourth-order valence-electron chi connectivity index (χ4n) is 2.94. The van der Waals surface area contributed by atoms with Crippen molar-refractivity contribution in [2.24, 2.45) is 0 Å². The topological polar surface area (TPSA) is 36.1 Å². The molecule has 0 saturated carbocycles. The molecule has 0 aliphatic heterocycles. The van der Waals surface area contributed by atoms with Gasteiger partial charge in [0, 0.05) is 41.5 Å². The Kier molecular flexibility index (Phi) is 6.83. The SMILES string of the molecule is C=C(Nc1ccc(C)cc1C)C(=C)/C(=C\NC)NC(=C)c1c(C)cccc1F. The first-order valence-corrected chi connectivity index (χ1v) is 9.06. The van der Waals surface area contributed by atoms with Crippen LogP contribution in [0.3, 0.4) is 0 Å². The smallest absolute Gasteiger partial charge is 0.132 e. The van der Waals surface area contributed by atoms with Gasteiger partial charge >= 0.3 is 0 Å². The van der Waals surface area contributed by atoms with E-state index in [1.54, 1.807) is 19.3 Å². The van der Waals surface area contributed by atoms with Crippen LogP contribution in [0.15, 0.2) is 79.3 Å². The first kappa shape index (κ1) is 21.0. The van der Waals surface area contributed by atoms with Gasteiger partial charge in [-0.25, -0.2) is 4.39 Å². The largest absolute Gasteiger partial charge is 0.392 e. The first-order chi connectivity index (χ1) is 13.2. The molecule has 28 heavy (non-hydrogen) atoms. The highest BCUT2D eigenvalue weighted by molar-refractivity contribution is 5.69. The van der Waals surface area contributed by atoms with Gasteiger partial charge in [0.2, 0.25) is 0 Å². The lowest BCUT2D eigenvalue weighted by Gasteiger charge is -2.20. The molecule has 0 radical (unpaired) electrons. The summed E-state index contributed by atoms with van der Waals surface area (Å²) in [6.07, 6.45) is 1.75. The van der Waals surface area contributed by atoms with Crippen LogP contribution in [-0.4, -0.2) is 7.05 Å². The summed E-state index contributed by atoms with van der Waals surface area (Å²) in [4.78, 5) is 0. The number of hydrogen-bond acceptors (Lipinski definition) is 3. The zero-order chi connectivity index (χ0) is 20.8. The van der Waals surface area contributed by atoms with Crippen LogP contribution in [0.2, 0.25) is 0 Å². The molecule has 146 valence electrons. The van der Waals surface area contributed by atoms with Crippen LogP contribution in [0.25, 0.3) is 5.70 Å². The lowest BCUT2D eigenvalue weighted by Crippen LogP contribution is -2.19. The number of hydrogen-bond donors (Lipinski definition) is 3. The lowest BCUT2D eigenvalue weighted by atomic mass is 10.0. The van der Waals surface area contributed by atoms with Crippen LogP contribution in [0.4, 0.5) is 10.1 Å². The first-order valence-electron chi connectivity index (χ1n) is 9.06. The van der Waals surface area contributed by atoms with Crippen molar-refractivity contribution in [3.63, 3.8) is 0 Å². The van der Waals surface area contributed by atoms with Gasteiger partial charge in [-0.05, 0) is 44.0 Å². The summed E-state index contributed by atoms with van der Waals surface area (Å²) in [6.45, 7) is 18.2. The Morgan fingerprint density at radius 3 is 2.32 bits per heavy atom. The van der Waals surface area contributed by atoms with Crippen molar-refractivity contribution >= 4 is 11.4 Å². The van der Waals surface area contributed by atoms with Crippen molar-refractivity contribution in [3.05, 3.63) is 107 Å². The van der Waals surface area contributed by atoms with Crippen LogP contribution in [0.5, 0.6) is 0 Å². The van der Waals surface area contributed by atoms with E-state index in [0.29, 0.717) is 28.2 Å². The quantitative estimate of drug-likeness (QED) is 0.528. The third-order valence-corrected chi connectivity index (χ3v) is 4.45. The molecule has 0 amide bonds. The Hall–Kier alpha value is -3.27. The van der Waals surface area contributed by atoms with Gasteiger partial charge in [0.05, 0.1) is 5.70 Å². The van der Waals surface area contributed by atoms with Crippen LogP contribution >= 0.6 is 0 Å². The molecule has 2 aromatic carbocycles. The molecular formula is C24H28FN3. The molecule has 0 saturated heterocycles. The number of nitrogens with one attached hydrogen (secondary N) is 3. The van der Waals surface area contributed by atoms with Crippen LogP contribution in [-0.2, 0) is 0 Å². The molecule has 4 heteroatoms. The predicted molar refractivity (Wildman–Crippen MR) is 118 cm³/mol. The van der Waals surface area contributed by atoms with Gasteiger partial charge in [0.15, 0.2) is 0 Å². The summed E-state index contributed by atoms with van der Waals surface area (Å²) in [5.41, 5.74) is 6.92. The number of rotatable bonds is 8. The van der Waals surface area contributed by atoms with Crippen molar-refractivity contribution in [2.45, 2.75) is 20.8 Å². The number of benzene rings is 2. The molecule has 0 bridgehead atoms. The zero-order valence-corrected chi connectivity index (χ0v) is 17.0. The van der Waals surface area contributed by atoms with E-state index in [9.17, 15) is 4.39 Å². The zero-order valence-electron chi connectivity index (χ0n) is 17.0. The molecule has 0 spiro atoms. The Labute approximate surface area is 167 Å². The lowest BCUT2D eigenvalue weighted by molar-refractivity contribution is 0.621. The van der Waals surface area contributed by atoms with Crippen molar-refractivity contribution in [1.29, 1.82) is 0 Å². The second-order valence-corrected chi connectivity index (χ2v) is 6.78. The molecule has 0 unspecified atom stereocenters. The number of anilines is 1. The van der Waals surface area contributed by atoms with E-state index >= 15 is 0 Å². The molecule has 0 fully saturated rings. The summed E-state index contributed by atoms with van der Waals surface area (Å²) >= 11 is 0. The summed E-state index contributed by atoms with van der Waals surface area (Å²) in [5.74, 6) is -0.320. The van der Waals surface area contributed by atoms with Gasteiger partial charge in [-0.2, -0.15) is 0 Å². The van der Waals surface area contributed by atoms with E-state index in [1.165, 1.54) is 11.6 Å². The maximum Gasteiger partial charge on any atom is 0.132 e. The molecule has 2 aromatic rings. The Morgan fingerprint density at radius 2 is 1.71 bits per heavy atom. The average molecular weight is 378 g/mol. The molecule has 3 N–H and O–H groups in total. The molecule has 0 atom stereocenters. The summed E-state index contributed by atoms with van der Waals surface area (Å²) < 4.78 is 14.3.